The maximum Gasteiger partial charge on any atom is 0.324 e. The van der Waals surface area contributed by atoms with Gasteiger partial charge in [0.1, 0.15) is 17.7 Å². The van der Waals surface area contributed by atoms with E-state index in [-0.39, 0.29) is 28.9 Å². The lowest BCUT2D eigenvalue weighted by molar-refractivity contribution is -0.135. The number of carbonyl (C=O) groups excluding carboxylic acids is 2. The number of nitrogens with zero attached hydrogens (tertiary/aromatic N) is 3. The van der Waals surface area contributed by atoms with Crippen molar-refractivity contribution in [3.05, 3.63) is 71.9 Å². The van der Waals surface area contributed by atoms with Crippen LogP contribution in [0.2, 0.25) is 0 Å². The highest BCUT2D eigenvalue weighted by Gasteiger charge is 2.53. The van der Waals surface area contributed by atoms with Gasteiger partial charge in [-0.1, -0.05) is 51.1 Å². The lowest BCUT2D eigenvalue weighted by Gasteiger charge is -2.34. The van der Waals surface area contributed by atoms with E-state index in [2.05, 4.69) is 48.6 Å². The van der Waals surface area contributed by atoms with Crippen molar-refractivity contribution < 1.29 is 14.3 Å². The summed E-state index contributed by atoms with van der Waals surface area (Å²) in [6, 6.07) is 19.1. The Bertz CT molecular complexity index is 1280. The van der Waals surface area contributed by atoms with Gasteiger partial charge in [0.2, 0.25) is 5.91 Å². The fourth-order valence-corrected chi connectivity index (χ4v) is 5.03. The minimum absolute atomic E-state index is 0.0647. The molecular weight excluding hydrogens is 478 g/mol. The lowest BCUT2D eigenvalue weighted by atomic mass is 9.92. The molecule has 2 fully saturated rings. The molecule has 2 aliphatic rings. The molecule has 8 nitrogen and oxygen atoms in total. The Morgan fingerprint density at radius 1 is 0.974 bits per heavy atom. The van der Waals surface area contributed by atoms with E-state index in [1.165, 1.54) is 0 Å². The van der Waals surface area contributed by atoms with Crippen LogP contribution in [0.3, 0.4) is 0 Å². The van der Waals surface area contributed by atoms with E-state index in [4.69, 9.17) is 4.74 Å². The second-order valence-electron chi connectivity index (χ2n) is 11.4. The number of urea groups is 1. The van der Waals surface area contributed by atoms with Gasteiger partial charge in [-0.05, 0) is 42.7 Å². The molecule has 2 heterocycles. The van der Waals surface area contributed by atoms with Crippen molar-refractivity contribution in [2.24, 2.45) is 7.05 Å². The number of aryl methyl sites for hydroxylation is 1. The van der Waals surface area contributed by atoms with Gasteiger partial charge in [-0.25, -0.2) is 4.79 Å². The highest BCUT2D eigenvalue weighted by Crippen LogP contribution is 2.49. The highest BCUT2D eigenvalue weighted by atomic mass is 16.5. The molecule has 200 valence electrons. The van der Waals surface area contributed by atoms with Crippen LogP contribution >= 0.6 is 0 Å². The number of likely N-dealkylation sites (tertiary alicyclic amines) is 1. The first kappa shape index (κ1) is 25.8. The maximum absolute atomic E-state index is 13.3. The Morgan fingerprint density at radius 2 is 1.63 bits per heavy atom. The highest BCUT2D eigenvalue weighted by molar-refractivity contribution is 5.99. The summed E-state index contributed by atoms with van der Waals surface area (Å²) in [5, 5.41) is 10.2. The molecule has 1 aliphatic heterocycles. The summed E-state index contributed by atoms with van der Waals surface area (Å²) in [5.74, 6) is 1.65. The SMILES string of the molecule is Cn1nc(C(C)(C)C)cc1NC(=O)Nc1ccc(OC2CCN(C(=O)C3(c4ccccc4)CC3)CC2)cc1. The first-order chi connectivity index (χ1) is 18.1. The van der Waals surface area contributed by atoms with Gasteiger partial charge >= 0.3 is 6.03 Å². The molecule has 5 rings (SSSR count). The number of hydrogen-bond acceptors (Lipinski definition) is 4. The summed E-state index contributed by atoms with van der Waals surface area (Å²) < 4.78 is 7.87. The van der Waals surface area contributed by atoms with Crippen LogP contribution in [-0.4, -0.2) is 45.8 Å². The molecule has 3 aromatic rings. The predicted octanol–water partition coefficient (Wildman–Crippen LogP) is 5.46. The van der Waals surface area contributed by atoms with E-state index in [1.54, 1.807) is 4.68 Å². The Morgan fingerprint density at radius 3 is 2.21 bits per heavy atom. The molecule has 1 saturated carbocycles. The van der Waals surface area contributed by atoms with Gasteiger partial charge in [-0.3, -0.25) is 14.8 Å². The molecule has 1 saturated heterocycles. The number of amides is 3. The molecule has 1 aromatic heterocycles. The molecule has 0 radical (unpaired) electrons. The van der Waals surface area contributed by atoms with Crippen LogP contribution in [0.4, 0.5) is 16.3 Å². The van der Waals surface area contributed by atoms with Crippen molar-refractivity contribution in [2.45, 2.75) is 63.4 Å². The van der Waals surface area contributed by atoms with Gasteiger partial charge in [0.15, 0.2) is 0 Å². The molecular formula is C30H37N5O3. The topological polar surface area (TPSA) is 88.5 Å². The van der Waals surface area contributed by atoms with Crippen LogP contribution < -0.4 is 15.4 Å². The fourth-order valence-electron chi connectivity index (χ4n) is 5.03. The molecule has 2 N–H and O–H groups in total. The third-order valence-electron chi connectivity index (χ3n) is 7.52. The third kappa shape index (κ3) is 5.54. The van der Waals surface area contributed by atoms with Gasteiger partial charge in [-0.15, -0.1) is 0 Å². The van der Waals surface area contributed by atoms with Gasteiger partial charge in [0.25, 0.3) is 0 Å². The average molecular weight is 516 g/mol. The number of hydrogen-bond donors (Lipinski definition) is 2. The molecule has 38 heavy (non-hydrogen) atoms. The van der Waals surface area contributed by atoms with Crippen molar-refractivity contribution in [3.63, 3.8) is 0 Å². The van der Waals surface area contributed by atoms with Crippen LogP contribution in [-0.2, 0) is 22.7 Å². The molecule has 0 bridgehead atoms. The van der Waals surface area contributed by atoms with Crippen LogP contribution in [0.25, 0.3) is 0 Å². The van der Waals surface area contributed by atoms with E-state index in [0.717, 1.165) is 42.7 Å². The van der Waals surface area contributed by atoms with E-state index in [9.17, 15) is 9.59 Å². The number of piperidine rings is 1. The maximum atomic E-state index is 13.3. The lowest BCUT2D eigenvalue weighted by Crippen LogP contribution is -2.46. The number of benzene rings is 2. The molecule has 3 amide bonds. The van der Waals surface area contributed by atoms with Crippen molar-refractivity contribution >= 4 is 23.4 Å². The van der Waals surface area contributed by atoms with E-state index < -0.39 is 0 Å². The molecule has 1 aliphatic carbocycles. The average Bonchev–Trinajstić information content (AvgIpc) is 3.63. The standard InChI is InChI=1S/C30H37N5O3/c1-29(2,3)25-20-26(34(4)33-25)32-28(37)31-22-10-12-23(13-11-22)38-24-14-18-35(19-15-24)27(36)30(16-17-30)21-8-6-5-7-9-21/h5-13,20,24H,14-19H2,1-4H3,(H2,31,32,37). The van der Waals surface area contributed by atoms with Crippen molar-refractivity contribution in [1.82, 2.24) is 14.7 Å². The summed E-state index contributed by atoms with van der Waals surface area (Å²) in [7, 11) is 1.81. The normalized spacial score (nSPS) is 17.1. The number of carbonyl (C=O) groups is 2. The summed E-state index contributed by atoms with van der Waals surface area (Å²) in [4.78, 5) is 27.8. The van der Waals surface area contributed by atoms with Crippen molar-refractivity contribution in [3.8, 4) is 5.75 Å². The second-order valence-corrected chi connectivity index (χ2v) is 11.4. The van der Waals surface area contributed by atoms with Gasteiger partial charge in [0.05, 0.1) is 11.1 Å². The quantitative estimate of drug-likeness (QED) is 0.456. The van der Waals surface area contributed by atoms with Crippen LogP contribution in [0.5, 0.6) is 5.75 Å². The first-order valence-electron chi connectivity index (χ1n) is 13.4. The molecule has 2 aromatic carbocycles. The number of rotatable bonds is 6. The zero-order valence-electron chi connectivity index (χ0n) is 22.7. The Balaban J connectivity index is 1.10. The number of ether oxygens (including phenoxy) is 1. The van der Waals surface area contributed by atoms with E-state index in [0.29, 0.717) is 24.6 Å². The van der Waals surface area contributed by atoms with Crippen LogP contribution in [0, 0.1) is 0 Å². The first-order valence-corrected chi connectivity index (χ1v) is 13.4. The van der Waals surface area contributed by atoms with E-state index in [1.807, 2.05) is 60.5 Å². The monoisotopic (exact) mass is 515 g/mol. The fraction of sp³-hybridized carbons (Fsp3) is 0.433. The zero-order valence-corrected chi connectivity index (χ0v) is 22.7. The summed E-state index contributed by atoms with van der Waals surface area (Å²) in [6.45, 7) is 7.68. The van der Waals surface area contributed by atoms with Gasteiger partial charge in [-0.2, -0.15) is 5.10 Å². The molecule has 0 unspecified atom stereocenters. The van der Waals surface area contributed by atoms with Gasteiger partial charge in [0, 0.05) is 50.1 Å². The van der Waals surface area contributed by atoms with Crippen molar-refractivity contribution in [2.75, 3.05) is 23.7 Å². The number of nitrogens with one attached hydrogen (secondary N) is 2. The molecule has 8 heteroatoms. The Kier molecular flexibility index (Phi) is 6.90. The van der Waals surface area contributed by atoms with Crippen molar-refractivity contribution in [1.29, 1.82) is 0 Å². The summed E-state index contributed by atoms with van der Waals surface area (Å²) >= 11 is 0. The van der Waals surface area contributed by atoms with E-state index >= 15 is 0 Å². The minimum atomic E-state index is -0.330. The second kappa shape index (κ2) is 10.2. The largest absolute Gasteiger partial charge is 0.490 e. The van der Waals surface area contributed by atoms with Crippen LogP contribution in [0.15, 0.2) is 60.7 Å². The Labute approximate surface area is 224 Å². The Hall–Kier alpha value is -3.81. The van der Waals surface area contributed by atoms with Crippen LogP contribution in [0.1, 0.15) is 57.7 Å². The third-order valence-corrected chi connectivity index (χ3v) is 7.52. The smallest absolute Gasteiger partial charge is 0.324 e. The minimum Gasteiger partial charge on any atom is -0.490 e. The molecule has 0 spiro atoms. The van der Waals surface area contributed by atoms with Gasteiger partial charge < -0.3 is 15.0 Å². The number of aromatic nitrogens is 2. The predicted molar refractivity (Wildman–Crippen MR) is 149 cm³/mol. The summed E-state index contributed by atoms with van der Waals surface area (Å²) in [6.07, 6.45) is 3.55. The summed E-state index contributed by atoms with van der Waals surface area (Å²) in [5.41, 5.74) is 2.31. The molecule has 0 atom stereocenters. The zero-order chi connectivity index (χ0) is 26.9. The number of anilines is 2.